The van der Waals surface area contributed by atoms with Crippen molar-refractivity contribution < 1.29 is 9.90 Å². The Labute approximate surface area is 104 Å². The summed E-state index contributed by atoms with van der Waals surface area (Å²) in [6.45, 7) is 3.05. The number of aliphatic hydroxyl groups is 1. The maximum atomic E-state index is 12.1. The Balaban J connectivity index is 2.05. The van der Waals surface area contributed by atoms with E-state index in [-0.39, 0.29) is 11.8 Å². The molecule has 1 amide bonds. The van der Waals surface area contributed by atoms with Crippen molar-refractivity contribution in [3.8, 4) is 0 Å². The van der Waals surface area contributed by atoms with E-state index in [0.717, 1.165) is 6.42 Å². The van der Waals surface area contributed by atoms with Gasteiger partial charge in [-0.3, -0.25) is 4.79 Å². The summed E-state index contributed by atoms with van der Waals surface area (Å²) in [6.07, 6.45) is 0.384. The van der Waals surface area contributed by atoms with Gasteiger partial charge in [0.05, 0.1) is 6.10 Å². The standard InChI is InChI=1S/C10H16N4O2S/c1-6-3-4-14(5-7(6)15)9(16)8-12-13-10(11-2)17-8/h6-7,15H,3-5H2,1-2H3,(H,11,13). The van der Waals surface area contributed by atoms with Gasteiger partial charge >= 0.3 is 0 Å². The topological polar surface area (TPSA) is 78.4 Å². The number of nitrogens with zero attached hydrogens (tertiary/aromatic N) is 3. The average Bonchev–Trinajstić information content (AvgIpc) is 2.80. The summed E-state index contributed by atoms with van der Waals surface area (Å²) in [4.78, 5) is 13.7. The minimum Gasteiger partial charge on any atom is -0.391 e. The molecule has 0 aliphatic carbocycles. The lowest BCUT2D eigenvalue weighted by molar-refractivity contribution is 0.0248. The summed E-state index contributed by atoms with van der Waals surface area (Å²) in [5.41, 5.74) is 0. The van der Waals surface area contributed by atoms with Gasteiger partial charge in [-0.2, -0.15) is 0 Å². The van der Waals surface area contributed by atoms with Gasteiger partial charge in [-0.15, -0.1) is 10.2 Å². The first-order valence-electron chi connectivity index (χ1n) is 5.60. The van der Waals surface area contributed by atoms with Crippen LogP contribution >= 0.6 is 11.3 Å². The first-order chi connectivity index (χ1) is 8.11. The number of hydrogen-bond donors (Lipinski definition) is 2. The maximum absolute atomic E-state index is 12.1. The fourth-order valence-corrected chi connectivity index (χ4v) is 2.44. The van der Waals surface area contributed by atoms with Crippen LogP contribution in [0.1, 0.15) is 23.1 Å². The van der Waals surface area contributed by atoms with Crippen LogP contribution < -0.4 is 5.32 Å². The van der Waals surface area contributed by atoms with Crippen molar-refractivity contribution in [2.24, 2.45) is 5.92 Å². The van der Waals surface area contributed by atoms with E-state index in [1.54, 1.807) is 11.9 Å². The van der Waals surface area contributed by atoms with Crippen LogP contribution in [0.15, 0.2) is 0 Å². The van der Waals surface area contributed by atoms with Crippen molar-refractivity contribution in [3.05, 3.63) is 5.01 Å². The zero-order valence-corrected chi connectivity index (χ0v) is 10.7. The molecule has 1 aliphatic rings. The van der Waals surface area contributed by atoms with E-state index in [2.05, 4.69) is 15.5 Å². The smallest absolute Gasteiger partial charge is 0.284 e. The molecule has 1 saturated heterocycles. The largest absolute Gasteiger partial charge is 0.391 e. The summed E-state index contributed by atoms with van der Waals surface area (Å²) < 4.78 is 0. The molecular formula is C10H16N4O2S. The highest BCUT2D eigenvalue weighted by molar-refractivity contribution is 7.17. The van der Waals surface area contributed by atoms with Crippen LogP contribution in [-0.2, 0) is 0 Å². The van der Waals surface area contributed by atoms with Crippen molar-refractivity contribution in [2.75, 3.05) is 25.5 Å². The number of aromatic nitrogens is 2. The molecular weight excluding hydrogens is 240 g/mol. The lowest BCUT2D eigenvalue weighted by Gasteiger charge is -2.33. The van der Waals surface area contributed by atoms with Crippen molar-refractivity contribution in [1.29, 1.82) is 0 Å². The Morgan fingerprint density at radius 1 is 1.59 bits per heavy atom. The van der Waals surface area contributed by atoms with E-state index in [0.29, 0.717) is 23.2 Å². The Morgan fingerprint density at radius 2 is 2.35 bits per heavy atom. The Morgan fingerprint density at radius 3 is 2.94 bits per heavy atom. The van der Waals surface area contributed by atoms with Gasteiger partial charge in [0.2, 0.25) is 10.1 Å². The van der Waals surface area contributed by atoms with E-state index < -0.39 is 6.10 Å². The van der Waals surface area contributed by atoms with Crippen LogP contribution in [0.4, 0.5) is 5.13 Å². The zero-order chi connectivity index (χ0) is 12.4. The summed E-state index contributed by atoms with van der Waals surface area (Å²) in [7, 11) is 1.74. The number of carbonyl (C=O) groups is 1. The van der Waals surface area contributed by atoms with Crippen molar-refractivity contribution in [2.45, 2.75) is 19.4 Å². The molecule has 2 N–H and O–H groups in total. The second kappa shape index (κ2) is 4.97. The molecule has 1 aromatic rings. The van der Waals surface area contributed by atoms with E-state index >= 15 is 0 Å². The lowest BCUT2D eigenvalue weighted by Crippen LogP contribution is -2.45. The van der Waals surface area contributed by atoms with Crippen molar-refractivity contribution in [1.82, 2.24) is 15.1 Å². The second-order valence-electron chi connectivity index (χ2n) is 4.25. The van der Waals surface area contributed by atoms with Gasteiger partial charge in [0.15, 0.2) is 0 Å². The van der Waals surface area contributed by atoms with Gasteiger partial charge in [-0.1, -0.05) is 18.3 Å². The summed E-state index contributed by atoms with van der Waals surface area (Å²) >= 11 is 1.23. The fraction of sp³-hybridized carbons (Fsp3) is 0.700. The van der Waals surface area contributed by atoms with E-state index in [1.165, 1.54) is 11.3 Å². The molecule has 17 heavy (non-hydrogen) atoms. The maximum Gasteiger partial charge on any atom is 0.284 e. The number of likely N-dealkylation sites (tertiary alicyclic amines) is 1. The predicted molar refractivity (Wildman–Crippen MR) is 65.1 cm³/mol. The molecule has 0 saturated carbocycles. The third-order valence-corrected chi connectivity index (χ3v) is 3.96. The number of hydrogen-bond acceptors (Lipinski definition) is 6. The summed E-state index contributed by atoms with van der Waals surface area (Å²) in [5.74, 6) is 0.108. The summed E-state index contributed by atoms with van der Waals surface area (Å²) in [6, 6.07) is 0. The molecule has 0 aromatic carbocycles. The van der Waals surface area contributed by atoms with Gasteiger partial charge in [0.25, 0.3) is 5.91 Å². The first kappa shape index (κ1) is 12.3. The van der Waals surface area contributed by atoms with E-state index in [1.807, 2.05) is 6.92 Å². The highest BCUT2D eigenvalue weighted by atomic mass is 32.1. The second-order valence-corrected chi connectivity index (χ2v) is 5.22. The van der Waals surface area contributed by atoms with Gasteiger partial charge in [-0.05, 0) is 12.3 Å². The molecule has 1 aromatic heterocycles. The Hall–Kier alpha value is -1.21. The van der Waals surface area contributed by atoms with Crippen LogP contribution in [0, 0.1) is 5.92 Å². The lowest BCUT2D eigenvalue weighted by atomic mass is 9.96. The predicted octanol–water partition coefficient (Wildman–Crippen LogP) is 0.423. The van der Waals surface area contributed by atoms with Crippen LogP contribution in [0.2, 0.25) is 0 Å². The van der Waals surface area contributed by atoms with Gasteiger partial charge in [0.1, 0.15) is 0 Å². The number of β-amino-alcohol motifs (C(OH)–C–C–N with tert-alkyl or cyclic N) is 1. The zero-order valence-electron chi connectivity index (χ0n) is 9.88. The highest BCUT2D eigenvalue weighted by Crippen LogP contribution is 2.21. The number of rotatable bonds is 2. The van der Waals surface area contributed by atoms with Gasteiger partial charge < -0.3 is 15.3 Å². The number of amides is 1. The molecule has 0 radical (unpaired) electrons. The number of anilines is 1. The highest BCUT2D eigenvalue weighted by Gasteiger charge is 2.29. The Bertz CT molecular complexity index is 409. The van der Waals surface area contributed by atoms with Crippen LogP contribution in [0.25, 0.3) is 0 Å². The van der Waals surface area contributed by atoms with Crippen LogP contribution in [-0.4, -0.2) is 52.4 Å². The molecule has 94 valence electrons. The quantitative estimate of drug-likeness (QED) is 0.802. The Kier molecular flexibility index (Phi) is 3.58. The van der Waals surface area contributed by atoms with Crippen molar-refractivity contribution >= 4 is 22.4 Å². The number of carbonyl (C=O) groups excluding carboxylic acids is 1. The number of piperidine rings is 1. The fourth-order valence-electron chi connectivity index (χ4n) is 1.78. The minimum absolute atomic E-state index is 0.144. The molecule has 0 bridgehead atoms. The third kappa shape index (κ3) is 2.55. The monoisotopic (exact) mass is 256 g/mol. The van der Waals surface area contributed by atoms with Crippen molar-refractivity contribution in [3.63, 3.8) is 0 Å². The SMILES string of the molecule is CNc1nnc(C(=O)N2CCC(C)C(O)C2)s1. The number of aliphatic hydroxyl groups excluding tert-OH is 1. The molecule has 2 rings (SSSR count). The minimum atomic E-state index is -0.440. The summed E-state index contributed by atoms with van der Waals surface area (Å²) in [5, 5.41) is 21.3. The number of nitrogens with one attached hydrogen (secondary N) is 1. The molecule has 2 heterocycles. The first-order valence-corrected chi connectivity index (χ1v) is 6.42. The molecule has 7 heteroatoms. The van der Waals surface area contributed by atoms with Crippen LogP contribution in [0.5, 0.6) is 0 Å². The van der Waals surface area contributed by atoms with E-state index in [9.17, 15) is 9.90 Å². The van der Waals surface area contributed by atoms with Crippen LogP contribution in [0.3, 0.4) is 0 Å². The van der Waals surface area contributed by atoms with Gasteiger partial charge in [0, 0.05) is 20.1 Å². The van der Waals surface area contributed by atoms with E-state index in [4.69, 9.17) is 0 Å². The van der Waals surface area contributed by atoms with Gasteiger partial charge in [-0.25, -0.2) is 0 Å². The molecule has 2 unspecified atom stereocenters. The third-order valence-electron chi connectivity index (χ3n) is 3.03. The normalized spacial score (nSPS) is 24.8. The molecule has 0 spiro atoms. The molecule has 1 aliphatic heterocycles. The average molecular weight is 256 g/mol. The molecule has 1 fully saturated rings. The molecule has 2 atom stereocenters. The molecule has 6 nitrogen and oxygen atoms in total.